The Kier molecular flexibility index (Phi) is 2.67. The van der Waals surface area contributed by atoms with Crippen molar-refractivity contribution in [3.63, 3.8) is 0 Å². The van der Waals surface area contributed by atoms with Crippen molar-refractivity contribution in [3.8, 4) is 0 Å². The molecule has 0 aromatic rings. The van der Waals surface area contributed by atoms with Gasteiger partial charge in [0.25, 0.3) is 0 Å². The number of hydrogen-bond donors (Lipinski definition) is 1. The average molecular weight is 224 g/mol. The second-order valence-electron chi connectivity index (χ2n) is 5.36. The van der Waals surface area contributed by atoms with E-state index >= 15 is 0 Å². The molecule has 4 unspecified atom stereocenters. The lowest BCUT2D eigenvalue weighted by atomic mass is 9.96. The summed E-state index contributed by atoms with van der Waals surface area (Å²) in [5.41, 5.74) is 0. The van der Waals surface area contributed by atoms with Gasteiger partial charge >= 0.3 is 0 Å². The molecule has 1 heterocycles. The van der Waals surface area contributed by atoms with Crippen molar-refractivity contribution in [1.29, 1.82) is 0 Å². The average Bonchev–Trinajstić information content (AvgIpc) is 2.79. The zero-order chi connectivity index (χ0) is 10.3. The van der Waals surface area contributed by atoms with Crippen LogP contribution in [0, 0.1) is 11.8 Å². The fourth-order valence-corrected chi connectivity index (χ4v) is 4.41. The highest BCUT2D eigenvalue weighted by atomic mass is 32.2. The molecule has 2 bridgehead atoms. The van der Waals surface area contributed by atoms with E-state index in [1.54, 1.807) is 0 Å². The monoisotopic (exact) mass is 224 g/mol. The smallest absolute Gasteiger partial charge is 0.157 e. The molecule has 84 valence electrons. The Morgan fingerprint density at radius 3 is 2.87 bits per heavy atom. The molecular weight excluding hydrogens is 204 g/mol. The summed E-state index contributed by atoms with van der Waals surface area (Å²) in [6, 6.07) is 1.28. The van der Waals surface area contributed by atoms with E-state index in [0.717, 1.165) is 11.8 Å². The van der Waals surface area contributed by atoms with E-state index < -0.39 is 0 Å². The maximum atomic E-state index is 4.94. The van der Waals surface area contributed by atoms with Crippen LogP contribution in [-0.4, -0.2) is 23.0 Å². The molecule has 0 spiro atoms. The number of rotatable bonds is 1. The SMILES string of the molecule is CC1CCSC(=NC2CC3CCC2C3)N1. The minimum atomic E-state index is 0.628. The highest BCUT2D eigenvalue weighted by Crippen LogP contribution is 2.46. The van der Waals surface area contributed by atoms with Gasteiger partial charge in [-0.3, -0.25) is 4.99 Å². The Labute approximate surface area is 96.3 Å². The zero-order valence-corrected chi connectivity index (χ0v) is 10.2. The van der Waals surface area contributed by atoms with Gasteiger partial charge in [0, 0.05) is 11.8 Å². The first-order valence-electron chi connectivity index (χ1n) is 6.28. The van der Waals surface area contributed by atoms with E-state index in [9.17, 15) is 0 Å². The van der Waals surface area contributed by atoms with E-state index in [4.69, 9.17) is 4.99 Å². The first kappa shape index (κ1) is 10.0. The molecule has 0 radical (unpaired) electrons. The van der Waals surface area contributed by atoms with Crippen molar-refractivity contribution in [3.05, 3.63) is 0 Å². The van der Waals surface area contributed by atoms with Gasteiger partial charge in [-0.25, -0.2) is 0 Å². The summed E-state index contributed by atoms with van der Waals surface area (Å²) in [5.74, 6) is 3.17. The van der Waals surface area contributed by atoms with E-state index in [-0.39, 0.29) is 0 Å². The zero-order valence-electron chi connectivity index (χ0n) is 9.41. The maximum absolute atomic E-state index is 4.94. The molecule has 2 nitrogen and oxygen atoms in total. The summed E-state index contributed by atoms with van der Waals surface area (Å²) in [6.45, 7) is 2.26. The summed E-state index contributed by atoms with van der Waals surface area (Å²) in [7, 11) is 0. The Morgan fingerprint density at radius 1 is 1.27 bits per heavy atom. The Bertz CT molecular complexity index is 277. The highest BCUT2D eigenvalue weighted by molar-refractivity contribution is 8.13. The normalized spacial score (nSPS) is 47.1. The number of amidine groups is 1. The summed E-state index contributed by atoms with van der Waals surface area (Å²) in [5, 5.41) is 4.74. The molecule has 1 saturated heterocycles. The van der Waals surface area contributed by atoms with Crippen LogP contribution in [0.3, 0.4) is 0 Å². The van der Waals surface area contributed by atoms with Gasteiger partial charge < -0.3 is 5.32 Å². The van der Waals surface area contributed by atoms with Gasteiger partial charge in [0.1, 0.15) is 0 Å². The fourth-order valence-electron chi connectivity index (χ4n) is 3.25. The Balaban J connectivity index is 1.65. The molecule has 1 aliphatic heterocycles. The summed E-state index contributed by atoms with van der Waals surface area (Å²) in [6.07, 6.45) is 7.02. The van der Waals surface area contributed by atoms with Crippen molar-refractivity contribution in [1.82, 2.24) is 5.32 Å². The standard InChI is InChI=1S/C12H20N2S/c1-8-4-5-15-12(13-8)14-11-7-9-2-3-10(11)6-9/h8-11H,2-7H2,1H3,(H,13,14). The lowest BCUT2D eigenvalue weighted by Gasteiger charge is -2.25. The molecule has 2 saturated carbocycles. The maximum Gasteiger partial charge on any atom is 0.157 e. The molecule has 0 amide bonds. The molecule has 2 aliphatic carbocycles. The second kappa shape index (κ2) is 4.00. The van der Waals surface area contributed by atoms with E-state index in [1.807, 2.05) is 11.8 Å². The van der Waals surface area contributed by atoms with Crippen LogP contribution >= 0.6 is 11.8 Å². The number of hydrogen-bond acceptors (Lipinski definition) is 2. The van der Waals surface area contributed by atoms with E-state index in [2.05, 4.69) is 12.2 Å². The lowest BCUT2D eigenvalue weighted by molar-refractivity contribution is 0.419. The number of fused-ring (bicyclic) bond motifs is 2. The second-order valence-corrected chi connectivity index (χ2v) is 6.44. The first-order chi connectivity index (χ1) is 7.31. The minimum absolute atomic E-state index is 0.628. The molecule has 4 atom stereocenters. The number of aliphatic imine (C=N–C) groups is 1. The molecule has 0 aromatic heterocycles. The van der Waals surface area contributed by atoms with Gasteiger partial charge in [0.2, 0.25) is 0 Å². The van der Waals surface area contributed by atoms with Crippen LogP contribution in [0.15, 0.2) is 4.99 Å². The van der Waals surface area contributed by atoms with Crippen LogP contribution in [0.25, 0.3) is 0 Å². The lowest BCUT2D eigenvalue weighted by Crippen LogP contribution is -2.36. The molecule has 3 fully saturated rings. The third-order valence-electron chi connectivity index (χ3n) is 4.14. The molecule has 3 rings (SSSR count). The topological polar surface area (TPSA) is 24.4 Å². The predicted octanol–water partition coefficient (Wildman–Crippen LogP) is 2.65. The van der Waals surface area contributed by atoms with Crippen molar-refractivity contribution in [2.24, 2.45) is 16.8 Å². The number of thioether (sulfide) groups is 1. The molecular formula is C12H20N2S. The fraction of sp³-hybridized carbons (Fsp3) is 0.917. The first-order valence-corrected chi connectivity index (χ1v) is 7.27. The summed E-state index contributed by atoms with van der Waals surface area (Å²) < 4.78 is 0. The van der Waals surface area contributed by atoms with E-state index in [0.29, 0.717) is 12.1 Å². The van der Waals surface area contributed by atoms with Gasteiger partial charge in [-0.1, -0.05) is 18.2 Å². The van der Waals surface area contributed by atoms with Crippen molar-refractivity contribution in [2.45, 2.75) is 51.1 Å². The van der Waals surface area contributed by atoms with Crippen LogP contribution in [0.1, 0.15) is 39.0 Å². The van der Waals surface area contributed by atoms with Crippen molar-refractivity contribution >= 4 is 16.9 Å². The van der Waals surface area contributed by atoms with Crippen LogP contribution in [-0.2, 0) is 0 Å². The number of nitrogens with zero attached hydrogens (tertiary/aromatic N) is 1. The van der Waals surface area contributed by atoms with Crippen LogP contribution < -0.4 is 5.32 Å². The van der Waals surface area contributed by atoms with Gasteiger partial charge in [-0.15, -0.1) is 0 Å². The van der Waals surface area contributed by atoms with Gasteiger partial charge in [0.15, 0.2) is 5.17 Å². The quantitative estimate of drug-likeness (QED) is 0.740. The van der Waals surface area contributed by atoms with Gasteiger partial charge in [-0.2, -0.15) is 0 Å². The highest BCUT2D eigenvalue weighted by Gasteiger charge is 2.39. The molecule has 0 aromatic carbocycles. The van der Waals surface area contributed by atoms with Gasteiger partial charge in [0.05, 0.1) is 6.04 Å². The van der Waals surface area contributed by atoms with Crippen molar-refractivity contribution in [2.75, 3.05) is 5.75 Å². The minimum Gasteiger partial charge on any atom is -0.362 e. The molecule has 1 N–H and O–H groups in total. The third-order valence-corrected chi connectivity index (χ3v) is 5.08. The third kappa shape index (κ3) is 2.03. The van der Waals surface area contributed by atoms with Gasteiger partial charge in [-0.05, 0) is 44.4 Å². The Morgan fingerprint density at radius 2 is 2.20 bits per heavy atom. The predicted molar refractivity (Wildman–Crippen MR) is 66.3 cm³/mol. The van der Waals surface area contributed by atoms with Crippen LogP contribution in [0.5, 0.6) is 0 Å². The molecule has 3 aliphatic rings. The number of nitrogens with one attached hydrogen (secondary N) is 1. The van der Waals surface area contributed by atoms with E-state index in [1.165, 1.54) is 43.0 Å². The summed E-state index contributed by atoms with van der Waals surface area (Å²) >= 11 is 1.92. The van der Waals surface area contributed by atoms with Crippen LogP contribution in [0.4, 0.5) is 0 Å². The largest absolute Gasteiger partial charge is 0.362 e. The van der Waals surface area contributed by atoms with Crippen molar-refractivity contribution < 1.29 is 0 Å². The Hall–Kier alpha value is -0.180. The molecule has 15 heavy (non-hydrogen) atoms. The van der Waals surface area contributed by atoms with Crippen LogP contribution in [0.2, 0.25) is 0 Å². The molecule has 3 heteroatoms. The summed E-state index contributed by atoms with van der Waals surface area (Å²) in [4.78, 5) is 4.94.